The van der Waals surface area contributed by atoms with Crippen LogP contribution in [-0.4, -0.2) is 24.0 Å². The molecule has 0 spiro atoms. The summed E-state index contributed by atoms with van der Waals surface area (Å²) in [6, 6.07) is 19.1. The lowest BCUT2D eigenvalue weighted by Gasteiger charge is -2.13. The van der Waals surface area contributed by atoms with Gasteiger partial charge in [0.2, 0.25) is 0 Å². The first-order chi connectivity index (χ1) is 15.6. The molecule has 1 N–H and O–H groups in total. The number of aromatic amines is 1. The first-order valence-corrected chi connectivity index (χ1v) is 10.9. The molecular formula is C27H26FNO3. The van der Waals surface area contributed by atoms with Crippen molar-refractivity contribution >= 4 is 16.7 Å². The van der Waals surface area contributed by atoms with Gasteiger partial charge >= 0.3 is 0 Å². The number of H-pyrrole nitrogens is 1. The number of fused-ring (bicyclic) bond motifs is 1. The molecule has 0 amide bonds. The molecule has 164 valence electrons. The van der Waals surface area contributed by atoms with Crippen LogP contribution in [0.3, 0.4) is 0 Å². The fourth-order valence-electron chi connectivity index (χ4n) is 3.64. The molecule has 0 saturated carbocycles. The number of ether oxygens (including phenoxy) is 2. The average Bonchev–Trinajstić information content (AvgIpc) is 3.28. The van der Waals surface area contributed by atoms with E-state index in [1.54, 1.807) is 6.07 Å². The normalized spacial score (nSPS) is 10.9. The molecule has 0 aliphatic heterocycles. The van der Waals surface area contributed by atoms with E-state index in [1.807, 2.05) is 42.6 Å². The molecule has 4 rings (SSSR count). The number of hydrogen-bond acceptors (Lipinski definition) is 3. The molecule has 0 saturated heterocycles. The van der Waals surface area contributed by atoms with Crippen molar-refractivity contribution in [2.45, 2.75) is 26.2 Å². The fraction of sp³-hybridized carbons (Fsp3) is 0.222. The number of aryl methyl sites for hydroxylation is 1. The molecule has 1 heterocycles. The molecule has 0 aliphatic carbocycles. The minimum atomic E-state index is -0.356. The van der Waals surface area contributed by atoms with Crippen molar-refractivity contribution in [3.05, 3.63) is 95.4 Å². The molecule has 4 aromatic rings. The SMILES string of the molecule is CCCc1cc(C(=O)c2ccc(F)cc2)ccc1OCCCOc1ccc2cc[nH]c2c1. The third kappa shape index (κ3) is 5.17. The number of carbonyl (C=O) groups is 1. The zero-order valence-corrected chi connectivity index (χ0v) is 18.1. The number of rotatable bonds is 10. The molecule has 1 aromatic heterocycles. The molecule has 0 atom stereocenters. The number of nitrogens with one attached hydrogen (secondary N) is 1. The monoisotopic (exact) mass is 431 g/mol. The van der Waals surface area contributed by atoms with Crippen LogP contribution in [-0.2, 0) is 6.42 Å². The van der Waals surface area contributed by atoms with E-state index < -0.39 is 0 Å². The van der Waals surface area contributed by atoms with Gasteiger partial charge in [0.1, 0.15) is 17.3 Å². The number of hydrogen-bond donors (Lipinski definition) is 1. The Morgan fingerprint density at radius 2 is 1.69 bits per heavy atom. The van der Waals surface area contributed by atoms with Crippen LogP contribution in [0.25, 0.3) is 10.9 Å². The summed E-state index contributed by atoms with van der Waals surface area (Å²) < 4.78 is 25.0. The highest BCUT2D eigenvalue weighted by atomic mass is 19.1. The fourth-order valence-corrected chi connectivity index (χ4v) is 3.64. The summed E-state index contributed by atoms with van der Waals surface area (Å²) in [7, 11) is 0. The highest BCUT2D eigenvalue weighted by molar-refractivity contribution is 6.09. The lowest BCUT2D eigenvalue weighted by Crippen LogP contribution is -2.07. The molecule has 0 bridgehead atoms. The summed E-state index contributed by atoms with van der Waals surface area (Å²) in [5, 5.41) is 1.16. The second-order valence-corrected chi connectivity index (χ2v) is 7.69. The van der Waals surface area contributed by atoms with Crippen molar-refractivity contribution < 1.29 is 18.7 Å². The topological polar surface area (TPSA) is 51.3 Å². The van der Waals surface area contributed by atoms with Gasteiger partial charge in [-0.3, -0.25) is 4.79 Å². The number of ketones is 1. The Bertz CT molecular complexity index is 1200. The van der Waals surface area contributed by atoms with Crippen molar-refractivity contribution in [3.8, 4) is 11.5 Å². The second kappa shape index (κ2) is 10.1. The van der Waals surface area contributed by atoms with E-state index in [4.69, 9.17) is 9.47 Å². The quantitative estimate of drug-likeness (QED) is 0.235. The predicted molar refractivity (Wildman–Crippen MR) is 124 cm³/mol. The molecule has 0 radical (unpaired) electrons. The standard InChI is InChI=1S/C27H26FNO3/c1-2-4-21-17-22(27(30)20-5-9-23(28)10-6-20)8-12-26(21)32-16-3-15-31-24-11-7-19-13-14-29-25(19)18-24/h5-14,17-18,29H,2-4,15-16H2,1H3. The molecule has 0 unspecified atom stereocenters. The Hall–Kier alpha value is -3.60. The molecule has 32 heavy (non-hydrogen) atoms. The van der Waals surface area contributed by atoms with E-state index in [9.17, 15) is 9.18 Å². The smallest absolute Gasteiger partial charge is 0.193 e. The van der Waals surface area contributed by atoms with E-state index in [0.717, 1.165) is 47.2 Å². The van der Waals surface area contributed by atoms with Crippen molar-refractivity contribution in [2.24, 2.45) is 0 Å². The van der Waals surface area contributed by atoms with Gasteiger partial charge in [-0.25, -0.2) is 4.39 Å². The Labute approximate surface area is 187 Å². The van der Waals surface area contributed by atoms with Crippen LogP contribution >= 0.6 is 0 Å². The minimum Gasteiger partial charge on any atom is -0.493 e. The zero-order valence-electron chi connectivity index (χ0n) is 18.1. The summed E-state index contributed by atoms with van der Waals surface area (Å²) in [6.07, 6.45) is 4.40. The van der Waals surface area contributed by atoms with Gasteiger partial charge < -0.3 is 14.5 Å². The van der Waals surface area contributed by atoms with Gasteiger partial charge in [-0.2, -0.15) is 0 Å². The number of halogens is 1. The van der Waals surface area contributed by atoms with Gasteiger partial charge in [-0.1, -0.05) is 13.3 Å². The third-order valence-corrected chi connectivity index (χ3v) is 5.29. The Morgan fingerprint density at radius 1 is 0.906 bits per heavy atom. The van der Waals surface area contributed by atoms with E-state index in [1.165, 1.54) is 24.3 Å². The first-order valence-electron chi connectivity index (χ1n) is 10.9. The van der Waals surface area contributed by atoms with Gasteiger partial charge in [0, 0.05) is 35.3 Å². The van der Waals surface area contributed by atoms with E-state index in [-0.39, 0.29) is 11.6 Å². The zero-order chi connectivity index (χ0) is 22.3. The minimum absolute atomic E-state index is 0.124. The van der Waals surface area contributed by atoms with Crippen LogP contribution in [0.5, 0.6) is 11.5 Å². The molecule has 0 aliphatic rings. The van der Waals surface area contributed by atoms with Gasteiger partial charge in [0.25, 0.3) is 0 Å². The van der Waals surface area contributed by atoms with Crippen LogP contribution in [0.15, 0.2) is 72.9 Å². The van der Waals surface area contributed by atoms with Gasteiger partial charge in [0.15, 0.2) is 5.78 Å². The second-order valence-electron chi connectivity index (χ2n) is 7.69. The third-order valence-electron chi connectivity index (χ3n) is 5.29. The molecular weight excluding hydrogens is 405 g/mol. The van der Waals surface area contributed by atoms with E-state index in [0.29, 0.717) is 24.3 Å². The highest BCUT2D eigenvalue weighted by Gasteiger charge is 2.13. The summed E-state index contributed by atoms with van der Waals surface area (Å²) in [6.45, 7) is 3.16. The van der Waals surface area contributed by atoms with Crippen LogP contribution in [0, 0.1) is 5.82 Å². The van der Waals surface area contributed by atoms with Crippen LogP contribution < -0.4 is 9.47 Å². The summed E-state index contributed by atoms with van der Waals surface area (Å²) in [5.74, 6) is 1.14. The summed E-state index contributed by atoms with van der Waals surface area (Å²) in [5.41, 5.74) is 3.10. The number of benzene rings is 3. The highest BCUT2D eigenvalue weighted by Crippen LogP contribution is 2.24. The van der Waals surface area contributed by atoms with Gasteiger partial charge in [-0.15, -0.1) is 0 Å². The Balaban J connectivity index is 1.34. The molecule has 3 aromatic carbocycles. The summed E-state index contributed by atoms with van der Waals surface area (Å²) >= 11 is 0. The number of carbonyl (C=O) groups excluding carboxylic acids is 1. The first kappa shape index (κ1) is 21.6. The average molecular weight is 432 g/mol. The maximum Gasteiger partial charge on any atom is 0.193 e. The van der Waals surface area contributed by atoms with Crippen molar-refractivity contribution in [1.82, 2.24) is 4.98 Å². The van der Waals surface area contributed by atoms with Gasteiger partial charge in [-0.05, 0) is 78.0 Å². The molecule has 0 fully saturated rings. The Kier molecular flexibility index (Phi) is 6.85. The lowest BCUT2D eigenvalue weighted by molar-refractivity contribution is 0.103. The number of aromatic nitrogens is 1. The van der Waals surface area contributed by atoms with E-state index >= 15 is 0 Å². The summed E-state index contributed by atoms with van der Waals surface area (Å²) in [4.78, 5) is 15.9. The van der Waals surface area contributed by atoms with Gasteiger partial charge in [0.05, 0.1) is 13.2 Å². The van der Waals surface area contributed by atoms with Crippen LogP contribution in [0.1, 0.15) is 41.3 Å². The van der Waals surface area contributed by atoms with Crippen molar-refractivity contribution in [2.75, 3.05) is 13.2 Å². The van der Waals surface area contributed by atoms with Crippen molar-refractivity contribution in [3.63, 3.8) is 0 Å². The maximum absolute atomic E-state index is 13.2. The maximum atomic E-state index is 13.2. The molecule has 5 heteroatoms. The predicted octanol–water partition coefficient (Wildman–Crippen LogP) is 6.34. The largest absolute Gasteiger partial charge is 0.493 e. The Morgan fingerprint density at radius 3 is 2.50 bits per heavy atom. The molecule has 4 nitrogen and oxygen atoms in total. The van der Waals surface area contributed by atoms with Crippen LogP contribution in [0.4, 0.5) is 4.39 Å². The lowest BCUT2D eigenvalue weighted by atomic mass is 9.99. The van der Waals surface area contributed by atoms with Crippen LogP contribution in [0.2, 0.25) is 0 Å². The van der Waals surface area contributed by atoms with E-state index in [2.05, 4.69) is 11.9 Å². The van der Waals surface area contributed by atoms with Crippen molar-refractivity contribution in [1.29, 1.82) is 0 Å².